The van der Waals surface area contributed by atoms with E-state index in [0.29, 0.717) is 61.9 Å². The highest BCUT2D eigenvalue weighted by atomic mass is 127. The minimum Gasteiger partial charge on any atom is -0.481 e. The molecule has 1 aliphatic rings. The number of halogens is 2. The smallest absolute Gasteiger partial charge is 0.326 e. The Morgan fingerprint density at radius 2 is 1.11 bits per heavy atom. The maximum Gasteiger partial charge on any atom is 0.326 e. The predicted molar refractivity (Wildman–Crippen MR) is 295 cm³/mol. The van der Waals surface area contributed by atoms with Gasteiger partial charge in [-0.3, -0.25) is 62.8 Å². The third kappa shape index (κ3) is 28.9. The molecular formula is C51H71BrIN9O17. The van der Waals surface area contributed by atoms with Crippen molar-refractivity contribution < 1.29 is 83.0 Å². The molecule has 26 nitrogen and oxygen atoms in total. The van der Waals surface area contributed by atoms with Crippen LogP contribution < -0.4 is 21.3 Å². The first-order valence-electron chi connectivity index (χ1n) is 25.7. The number of carbonyl (C=O) groups is 11. The van der Waals surface area contributed by atoms with Crippen LogP contribution in [-0.2, 0) is 49.6 Å². The molecule has 1 aliphatic heterocycles. The van der Waals surface area contributed by atoms with E-state index in [-0.39, 0.29) is 134 Å². The normalized spacial score (nSPS) is 14.7. The summed E-state index contributed by atoms with van der Waals surface area (Å²) >= 11 is 5.41. The second-order valence-corrected chi connectivity index (χ2v) is 20.9. The highest BCUT2D eigenvalue weighted by Crippen LogP contribution is 2.17. The molecule has 3 rings (SSSR count). The minimum atomic E-state index is -1.49. The Bertz CT molecular complexity index is 2350. The molecule has 0 radical (unpaired) electrons. The van der Waals surface area contributed by atoms with Crippen molar-refractivity contribution in [1.29, 1.82) is 0 Å². The number of carbonyl (C=O) groups excluding carboxylic acids is 6. The summed E-state index contributed by atoms with van der Waals surface area (Å²) < 4.78 is 6.45. The second kappa shape index (κ2) is 36.8. The molecule has 2 aromatic carbocycles. The van der Waals surface area contributed by atoms with Gasteiger partial charge in [-0.25, -0.2) is 9.59 Å². The van der Waals surface area contributed by atoms with Gasteiger partial charge >= 0.3 is 35.9 Å². The van der Waals surface area contributed by atoms with E-state index in [1.54, 1.807) is 31.7 Å². The van der Waals surface area contributed by atoms with E-state index in [0.717, 1.165) is 10.0 Å². The molecule has 28 heteroatoms. The predicted octanol–water partition coefficient (Wildman–Crippen LogP) is 1.82. The molecular weight excluding hydrogens is 1220 g/mol. The van der Waals surface area contributed by atoms with Gasteiger partial charge in [0.05, 0.1) is 26.2 Å². The fraction of sp³-hybridized carbons (Fsp3) is 0.549. The molecule has 436 valence electrons. The van der Waals surface area contributed by atoms with Crippen LogP contribution >= 0.6 is 38.5 Å². The van der Waals surface area contributed by atoms with Gasteiger partial charge in [-0.2, -0.15) is 0 Å². The number of Topliss-reactive ketones (excluding diaryl/α,β-unsaturated/α-hetero) is 1. The van der Waals surface area contributed by atoms with Crippen LogP contribution in [0.2, 0.25) is 0 Å². The molecule has 1 heterocycles. The number of benzene rings is 2. The number of hydrogen-bond acceptors (Lipinski definition) is 16. The number of hydrogen-bond donors (Lipinski definition) is 9. The lowest BCUT2D eigenvalue weighted by atomic mass is 10.1. The van der Waals surface area contributed by atoms with Crippen molar-refractivity contribution in [2.24, 2.45) is 0 Å². The molecule has 2 atom stereocenters. The molecule has 9 N–H and O–H groups in total. The molecule has 0 spiro atoms. The molecule has 1 fully saturated rings. The lowest BCUT2D eigenvalue weighted by Gasteiger charge is -2.32. The average molecular weight is 1290 g/mol. The van der Waals surface area contributed by atoms with Crippen LogP contribution in [0.3, 0.4) is 0 Å². The Hall–Kier alpha value is -6.34. The largest absolute Gasteiger partial charge is 0.481 e. The standard InChI is InChI=1S/C51H71BrIN9O17/c52-38-11-9-35(10-12-38)29-62(17-4-2-7-42(79-34-63)57-51(78)56-41(50(76)77)13-14-44(66)67)43(65)8-1-3-15-54-48(74)36-26-37(28-39(53)27-36)49(75)55-16-5-6-40(64)30-58-18-20-59(31-45(68)69)22-24-61(33-47(72)73)25-23-60(21-19-58)32-46(70)71/h9-12,26-28,34,41-42H,1-8,13-25,29-33H2,(H,54,74)(H,55,75)(H,66,67)(H,68,69)(H,70,71)(H,72,73)(H,76,77)(H2,56,57,78)/t41-,42+/m0/s1. The lowest BCUT2D eigenvalue weighted by Crippen LogP contribution is -2.49. The first kappa shape index (κ1) is 66.9. The number of amides is 5. The van der Waals surface area contributed by atoms with Crippen molar-refractivity contribution in [3.8, 4) is 0 Å². The zero-order valence-corrected chi connectivity index (χ0v) is 47.5. The number of aliphatic carboxylic acids is 5. The molecule has 2 aromatic rings. The van der Waals surface area contributed by atoms with E-state index in [1.807, 2.05) is 51.8 Å². The fourth-order valence-electron chi connectivity index (χ4n) is 8.27. The average Bonchev–Trinajstić information content (AvgIpc) is 3.38. The van der Waals surface area contributed by atoms with Crippen molar-refractivity contribution >= 4 is 104 Å². The highest BCUT2D eigenvalue weighted by Gasteiger charge is 2.25. The topological polar surface area (TPSA) is 362 Å². The van der Waals surface area contributed by atoms with Crippen LogP contribution in [-0.4, -0.2) is 226 Å². The summed E-state index contributed by atoms with van der Waals surface area (Å²) in [5.74, 6) is -7.02. The zero-order valence-electron chi connectivity index (χ0n) is 43.8. The van der Waals surface area contributed by atoms with Gasteiger partial charge in [0.15, 0.2) is 6.23 Å². The minimum absolute atomic E-state index is 0.00712. The third-order valence-electron chi connectivity index (χ3n) is 12.4. The number of rotatable bonds is 34. The first-order chi connectivity index (χ1) is 37.6. The van der Waals surface area contributed by atoms with Gasteiger partial charge in [0, 0.05) is 123 Å². The molecule has 0 aromatic heterocycles. The van der Waals surface area contributed by atoms with E-state index in [1.165, 1.54) is 6.07 Å². The third-order valence-corrected chi connectivity index (χ3v) is 13.5. The summed E-state index contributed by atoms with van der Waals surface area (Å²) in [5.41, 5.74) is 1.34. The quantitative estimate of drug-likeness (QED) is 0.0209. The Kier molecular flexibility index (Phi) is 31.1. The van der Waals surface area contributed by atoms with E-state index in [4.69, 9.17) is 9.84 Å². The SMILES string of the molecule is O=CO[C@H](CCCCN(Cc1ccc(Br)cc1)C(=O)CCCCNC(=O)c1cc(I)cc(C(=O)NCCCC(=O)CN2CCN(CC(=O)O)CCN(CC(=O)O)CCN(CC(=O)O)CC2)c1)NC(=O)N[C@@H](CCC(=O)O)C(=O)O. The van der Waals surface area contributed by atoms with Crippen LogP contribution in [0.25, 0.3) is 0 Å². The number of ketones is 1. The Labute approximate surface area is 479 Å². The van der Waals surface area contributed by atoms with Crippen molar-refractivity contribution in [2.75, 3.05) is 98.2 Å². The molecule has 0 aliphatic carbocycles. The van der Waals surface area contributed by atoms with E-state index in [2.05, 4.69) is 37.2 Å². The van der Waals surface area contributed by atoms with E-state index >= 15 is 0 Å². The lowest BCUT2D eigenvalue weighted by molar-refractivity contribution is -0.141. The fourth-order valence-corrected chi connectivity index (χ4v) is 9.20. The van der Waals surface area contributed by atoms with Crippen LogP contribution in [0.1, 0.15) is 90.5 Å². The Balaban J connectivity index is 1.49. The monoisotopic (exact) mass is 1290 g/mol. The van der Waals surface area contributed by atoms with Crippen LogP contribution in [0.5, 0.6) is 0 Å². The summed E-state index contributed by atoms with van der Waals surface area (Å²) in [7, 11) is 0. The first-order valence-corrected chi connectivity index (χ1v) is 27.5. The highest BCUT2D eigenvalue weighted by molar-refractivity contribution is 14.1. The van der Waals surface area contributed by atoms with Gasteiger partial charge < -0.3 is 56.4 Å². The van der Waals surface area contributed by atoms with E-state index < -0.39 is 66.4 Å². The van der Waals surface area contributed by atoms with Gasteiger partial charge in [0.1, 0.15) is 11.8 Å². The van der Waals surface area contributed by atoms with Gasteiger partial charge in [-0.15, -0.1) is 0 Å². The Morgan fingerprint density at radius 1 is 0.608 bits per heavy atom. The summed E-state index contributed by atoms with van der Waals surface area (Å²) in [6.45, 7) is 2.38. The number of unbranched alkanes of at least 4 members (excludes halogenated alkanes) is 2. The maximum atomic E-state index is 13.6. The molecule has 1 saturated heterocycles. The number of ether oxygens (including phenoxy) is 1. The van der Waals surface area contributed by atoms with Gasteiger partial charge in [0.2, 0.25) is 5.91 Å². The second-order valence-electron chi connectivity index (χ2n) is 18.7. The molecule has 0 unspecified atom stereocenters. The number of carboxylic acid groups (broad SMARTS) is 5. The van der Waals surface area contributed by atoms with Crippen molar-refractivity contribution in [1.82, 2.24) is 45.8 Å². The summed E-state index contributed by atoms with van der Waals surface area (Å²) in [6.07, 6.45) is 0.397. The van der Waals surface area contributed by atoms with Crippen LogP contribution in [0, 0.1) is 3.57 Å². The van der Waals surface area contributed by atoms with Crippen LogP contribution in [0.4, 0.5) is 4.79 Å². The van der Waals surface area contributed by atoms with Crippen molar-refractivity contribution in [3.05, 3.63) is 67.2 Å². The van der Waals surface area contributed by atoms with Gasteiger partial charge in [0.25, 0.3) is 18.3 Å². The molecule has 5 amide bonds. The van der Waals surface area contributed by atoms with Gasteiger partial charge in [-0.1, -0.05) is 28.1 Å². The summed E-state index contributed by atoms with van der Waals surface area (Å²) in [6, 6.07) is 9.69. The van der Waals surface area contributed by atoms with Crippen molar-refractivity contribution in [3.63, 3.8) is 0 Å². The Morgan fingerprint density at radius 3 is 1.59 bits per heavy atom. The van der Waals surface area contributed by atoms with E-state index in [9.17, 15) is 73.2 Å². The molecule has 0 saturated carbocycles. The van der Waals surface area contributed by atoms with Crippen molar-refractivity contribution in [2.45, 2.75) is 83.0 Å². The zero-order chi connectivity index (χ0) is 58.3. The number of urea groups is 1. The van der Waals surface area contributed by atoms with Crippen LogP contribution in [0.15, 0.2) is 46.9 Å². The molecule has 79 heavy (non-hydrogen) atoms. The van der Waals surface area contributed by atoms with Gasteiger partial charge in [-0.05, 0) is 97.0 Å². The summed E-state index contributed by atoms with van der Waals surface area (Å²) in [5, 5.41) is 56.8. The molecule has 0 bridgehead atoms. The number of carboxylic acids is 5. The number of nitrogens with zero attached hydrogens (tertiary/aromatic N) is 5. The number of nitrogens with one attached hydrogen (secondary N) is 4. The summed E-state index contributed by atoms with van der Waals surface area (Å²) in [4.78, 5) is 143. The maximum absolute atomic E-state index is 13.6.